The summed E-state index contributed by atoms with van der Waals surface area (Å²) in [5.41, 5.74) is 7.09. The molecule has 7 heteroatoms. The molecule has 88 valence electrons. The maximum Gasteiger partial charge on any atom is 0.276 e. The molecule has 2 aromatic heterocycles. The van der Waals surface area contributed by atoms with Crippen LogP contribution in [0.5, 0.6) is 0 Å². The summed E-state index contributed by atoms with van der Waals surface area (Å²) in [4.78, 5) is 14.2. The number of hydrogen-bond donors (Lipinski definition) is 1. The van der Waals surface area contributed by atoms with Gasteiger partial charge in [0.1, 0.15) is 5.82 Å². The zero-order chi connectivity index (χ0) is 12.6. The van der Waals surface area contributed by atoms with Gasteiger partial charge >= 0.3 is 0 Å². The van der Waals surface area contributed by atoms with Crippen molar-refractivity contribution >= 4 is 11.5 Å². The number of aromatic nitrogens is 3. The normalized spacial score (nSPS) is 10.5. The molecule has 2 rings (SSSR count). The Balaban J connectivity index is 2.59. The fraction of sp³-hybridized carbons (Fsp3) is 0.200. The number of anilines is 1. The van der Waals surface area contributed by atoms with E-state index in [9.17, 15) is 10.1 Å². The second-order valence-corrected chi connectivity index (χ2v) is 3.70. The molecule has 0 saturated carbocycles. The van der Waals surface area contributed by atoms with E-state index < -0.39 is 4.92 Å². The van der Waals surface area contributed by atoms with Crippen molar-refractivity contribution < 1.29 is 4.92 Å². The van der Waals surface area contributed by atoms with Gasteiger partial charge in [0, 0.05) is 5.69 Å². The zero-order valence-electron chi connectivity index (χ0n) is 9.41. The molecule has 0 aliphatic rings. The molecule has 0 aromatic carbocycles. The fourth-order valence-electron chi connectivity index (χ4n) is 1.60. The van der Waals surface area contributed by atoms with Gasteiger partial charge < -0.3 is 5.73 Å². The summed E-state index contributed by atoms with van der Waals surface area (Å²) in [6.07, 6.45) is 0. The number of nitro groups is 1. The zero-order valence-corrected chi connectivity index (χ0v) is 9.41. The van der Waals surface area contributed by atoms with Crippen molar-refractivity contribution in [2.24, 2.45) is 0 Å². The van der Waals surface area contributed by atoms with Crippen LogP contribution >= 0.6 is 0 Å². The van der Waals surface area contributed by atoms with E-state index in [1.165, 1.54) is 16.8 Å². The molecular formula is C10H11N5O2. The molecule has 2 heterocycles. The Kier molecular flexibility index (Phi) is 2.51. The summed E-state index contributed by atoms with van der Waals surface area (Å²) < 4.78 is 1.53. The number of nitrogen functional groups attached to an aromatic ring is 1. The van der Waals surface area contributed by atoms with Gasteiger partial charge in [-0.3, -0.25) is 10.1 Å². The molecule has 17 heavy (non-hydrogen) atoms. The van der Waals surface area contributed by atoms with E-state index in [1.807, 2.05) is 19.9 Å². The van der Waals surface area contributed by atoms with Crippen LogP contribution < -0.4 is 5.73 Å². The number of nitrogens with zero attached hydrogens (tertiary/aromatic N) is 4. The maximum atomic E-state index is 10.7. The van der Waals surface area contributed by atoms with Gasteiger partial charge in [0.25, 0.3) is 5.69 Å². The van der Waals surface area contributed by atoms with Crippen LogP contribution in [0.3, 0.4) is 0 Å². The first-order valence-electron chi connectivity index (χ1n) is 4.93. The topological polar surface area (TPSA) is 99.9 Å². The van der Waals surface area contributed by atoms with Crippen LogP contribution in [0.2, 0.25) is 0 Å². The molecule has 0 amide bonds. The fourth-order valence-corrected chi connectivity index (χ4v) is 1.60. The third-order valence-electron chi connectivity index (χ3n) is 2.25. The highest BCUT2D eigenvalue weighted by Gasteiger charge is 2.13. The molecule has 0 fully saturated rings. The van der Waals surface area contributed by atoms with Crippen LogP contribution in [0.15, 0.2) is 18.2 Å². The molecule has 2 aromatic rings. The van der Waals surface area contributed by atoms with Crippen LogP contribution in [-0.4, -0.2) is 19.7 Å². The van der Waals surface area contributed by atoms with Crippen molar-refractivity contribution in [3.63, 3.8) is 0 Å². The number of pyridine rings is 1. The van der Waals surface area contributed by atoms with Crippen LogP contribution in [0.4, 0.5) is 11.5 Å². The largest absolute Gasteiger partial charge is 0.383 e. The van der Waals surface area contributed by atoms with Gasteiger partial charge in [0.15, 0.2) is 5.82 Å². The smallest absolute Gasteiger partial charge is 0.276 e. The highest BCUT2D eigenvalue weighted by Crippen LogP contribution is 2.19. The van der Waals surface area contributed by atoms with Crippen molar-refractivity contribution in [2.45, 2.75) is 13.8 Å². The van der Waals surface area contributed by atoms with E-state index in [4.69, 9.17) is 5.73 Å². The lowest BCUT2D eigenvalue weighted by molar-refractivity contribution is -0.384. The van der Waals surface area contributed by atoms with E-state index in [2.05, 4.69) is 10.1 Å². The average molecular weight is 233 g/mol. The van der Waals surface area contributed by atoms with Gasteiger partial charge in [-0.2, -0.15) is 5.10 Å². The molecule has 0 radical (unpaired) electrons. The summed E-state index contributed by atoms with van der Waals surface area (Å²) in [5, 5.41) is 14.9. The number of nitrogens with two attached hydrogens (primary N) is 1. The average Bonchev–Trinajstić information content (AvgIpc) is 2.57. The summed E-state index contributed by atoms with van der Waals surface area (Å²) in [7, 11) is 0. The Morgan fingerprint density at radius 2 is 2.06 bits per heavy atom. The molecular weight excluding hydrogens is 222 g/mol. The molecule has 0 unspecified atom stereocenters. The third kappa shape index (κ3) is 2.07. The summed E-state index contributed by atoms with van der Waals surface area (Å²) in [6, 6.07) is 4.42. The quantitative estimate of drug-likeness (QED) is 0.623. The predicted octanol–water partition coefficient (Wildman–Crippen LogP) is 1.37. The SMILES string of the molecule is Cc1cc(C)n(-c2cc([N+](=O)[O-])cc(N)n2)n1. The molecule has 0 saturated heterocycles. The summed E-state index contributed by atoms with van der Waals surface area (Å²) in [6.45, 7) is 3.68. The van der Waals surface area contributed by atoms with Crippen LogP contribution in [0, 0.1) is 24.0 Å². The Morgan fingerprint density at radius 1 is 1.35 bits per heavy atom. The minimum atomic E-state index is -0.507. The summed E-state index contributed by atoms with van der Waals surface area (Å²) in [5.74, 6) is 0.448. The van der Waals surface area contributed by atoms with Crippen molar-refractivity contribution in [3.05, 3.63) is 39.7 Å². The maximum absolute atomic E-state index is 10.7. The Hall–Kier alpha value is -2.44. The van der Waals surface area contributed by atoms with Crippen molar-refractivity contribution in [3.8, 4) is 5.82 Å². The van der Waals surface area contributed by atoms with E-state index in [-0.39, 0.29) is 11.5 Å². The molecule has 0 bridgehead atoms. The highest BCUT2D eigenvalue weighted by atomic mass is 16.6. The number of aryl methyl sites for hydroxylation is 2. The first-order chi connectivity index (χ1) is 7.97. The van der Waals surface area contributed by atoms with Gasteiger partial charge in [-0.15, -0.1) is 0 Å². The lowest BCUT2D eigenvalue weighted by atomic mass is 10.3. The van der Waals surface area contributed by atoms with E-state index in [0.29, 0.717) is 5.82 Å². The van der Waals surface area contributed by atoms with E-state index >= 15 is 0 Å². The standard InChI is InChI=1S/C10H11N5O2/c1-6-3-7(2)14(13-6)10-5-8(15(16)17)4-9(11)12-10/h3-5H,1-2H3,(H2,11,12). The molecule has 0 atom stereocenters. The first kappa shape index (κ1) is 11.1. The van der Waals surface area contributed by atoms with Gasteiger partial charge in [0.2, 0.25) is 0 Å². The Bertz CT molecular complexity index is 590. The van der Waals surface area contributed by atoms with Gasteiger partial charge in [0.05, 0.1) is 22.7 Å². The van der Waals surface area contributed by atoms with Crippen LogP contribution in [0.1, 0.15) is 11.4 Å². The van der Waals surface area contributed by atoms with Gasteiger partial charge in [-0.05, 0) is 19.9 Å². The van der Waals surface area contributed by atoms with Crippen molar-refractivity contribution in [2.75, 3.05) is 5.73 Å². The Labute approximate surface area is 97.0 Å². The lowest BCUT2D eigenvalue weighted by Crippen LogP contribution is -2.05. The first-order valence-corrected chi connectivity index (χ1v) is 4.93. The Morgan fingerprint density at radius 3 is 2.59 bits per heavy atom. The second-order valence-electron chi connectivity index (χ2n) is 3.70. The molecule has 2 N–H and O–H groups in total. The molecule has 7 nitrogen and oxygen atoms in total. The molecule has 0 aliphatic carbocycles. The second kappa shape index (κ2) is 3.85. The van der Waals surface area contributed by atoms with Crippen molar-refractivity contribution in [1.82, 2.24) is 14.8 Å². The minimum absolute atomic E-state index is 0.0972. The minimum Gasteiger partial charge on any atom is -0.383 e. The predicted molar refractivity (Wildman–Crippen MR) is 61.9 cm³/mol. The number of hydrogen-bond acceptors (Lipinski definition) is 5. The highest BCUT2D eigenvalue weighted by molar-refractivity contribution is 5.48. The molecule has 0 aliphatic heterocycles. The molecule has 0 spiro atoms. The lowest BCUT2D eigenvalue weighted by Gasteiger charge is -2.04. The van der Waals surface area contributed by atoms with Crippen LogP contribution in [0.25, 0.3) is 5.82 Å². The van der Waals surface area contributed by atoms with E-state index in [1.54, 1.807) is 0 Å². The van der Waals surface area contributed by atoms with Gasteiger partial charge in [-0.1, -0.05) is 0 Å². The van der Waals surface area contributed by atoms with Gasteiger partial charge in [-0.25, -0.2) is 9.67 Å². The van der Waals surface area contributed by atoms with E-state index in [0.717, 1.165) is 11.4 Å². The van der Waals surface area contributed by atoms with Crippen LogP contribution in [-0.2, 0) is 0 Å². The third-order valence-corrected chi connectivity index (χ3v) is 2.25. The number of rotatable bonds is 2. The monoisotopic (exact) mass is 233 g/mol. The summed E-state index contributed by atoms with van der Waals surface area (Å²) >= 11 is 0. The van der Waals surface area contributed by atoms with Crippen molar-refractivity contribution in [1.29, 1.82) is 0 Å².